The topological polar surface area (TPSA) is 92.0 Å². The summed E-state index contributed by atoms with van der Waals surface area (Å²) in [5.41, 5.74) is 2.46. The van der Waals surface area contributed by atoms with E-state index in [9.17, 15) is 0 Å². The molecule has 0 aromatic carbocycles. The van der Waals surface area contributed by atoms with Gasteiger partial charge in [0.1, 0.15) is 0 Å². The van der Waals surface area contributed by atoms with Crippen molar-refractivity contribution in [2.75, 3.05) is 48.3 Å². The minimum Gasteiger partial charge on any atom is -0.354 e. The van der Waals surface area contributed by atoms with Gasteiger partial charge in [-0.05, 0) is 24.9 Å². The van der Waals surface area contributed by atoms with E-state index in [1.807, 2.05) is 30.8 Å². The second-order valence-corrected chi connectivity index (χ2v) is 5.64. The van der Waals surface area contributed by atoms with Crippen LogP contribution in [0, 0.1) is 0 Å². The Morgan fingerprint density at radius 2 is 1.75 bits per heavy atom. The number of anilines is 3. The van der Waals surface area contributed by atoms with E-state index in [4.69, 9.17) is 5.84 Å². The summed E-state index contributed by atoms with van der Waals surface area (Å²) in [6, 6.07) is 0. The van der Waals surface area contributed by atoms with E-state index in [-0.39, 0.29) is 0 Å². The zero-order valence-electron chi connectivity index (χ0n) is 12.5. The predicted molar refractivity (Wildman–Crippen MR) is 87.3 cm³/mol. The van der Waals surface area contributed by atoms with Gasteiger partial charge in [-0.1, -0.05) is 12.8 Å². The molecular formula is C12H25N7S. The molecule has 7 nitrogen and oxygen atoms in total. The fourth-order valence-electron chi connectivity index (χ4n) is 1.63. The maximum Gasteiger partial charge on any atom is 0.243 e. The molecule has 1 aromatic rings. The molecule has 0 aliphatic rings. The fourth-order valence-corrected chi connectivity index (χ4v) is 2.13. The average Bonchev–Trinajstić information content (AvgIpc) is 2.46. The number of nitrogens with two attached hydrogens (primary N) is 1. The molecule has 0 fully saturated rings. The highest BCUT2D eigenvalue weighted by Crippen LogP contribution is 2.11. The molecule has 0 radical (unpaired) electrons. The first-order valence-electron chi connectivity index (χ1n) is 6.80. The molecule has 1 aromatic heterocycles. The average molecular weight is 299 g/mol. The van der Waals surface area contributed by atoms with Crippen molar-refractivity contribution in [2.24, 2.45) is 5.84 Å². The Bertz CT molecular complexity index is 386. The van der Waals surface area contributed by atoms with E-state index >= 15 is 0 Å². The number of hydrazine groups is 1. The van der Waals surface area contributed by atoms with Gasteiger partial charge >= 0.3 is 0 Å². The number of aromatic nitrogens is 3. The number of nitrogens with zero attached hydrogens (tertiary/aromatic N) is 4. The second-order valence-electron chi connectivity index (χ2n) is 4.66. The molecule has 20 heavy (non-hydrogen) atoms. The zero-order chi connectivity index (χ0) is 14.8. The first-order chi connectivity index (χ1) is 9.67. The van der Waals surface area contributed by atoms with Gasteiger partial charge < -0.3 is 10.2 Å². The van der Waals surface area contributed by atoms with Crippen molar-refractivity contribution in [1.82, 2.24) is 15.0 Å². The van der Waals surface area contributed by atoms with Crippen molar-refractivity contribution < 1.29 is 0 Å². The number of nitrogens with one attached hydrogen (secondary N) is 2. The van der Waals surface area contributed by atoms with Gasteiger partial charge in [-0.15, -0.1) is 0 Å². The molecule has 0 spiro atoms. The molecule has 0 unspecified atom stereocenters. The number of thioether (sulfide) groups is 1. The van der Waals surface area contributed by atoms with Crippen LogP contribution in [0.15, 0.2) is 0 Å². The molecule has 0 saturated carbocycles. The first-order valence-corrected chi connectivity index (χ1v) is 8.19. The van der Waals surface area contributed by atoms with Crippen LogP contribution in [0.5, 0.6) is 0 Å². The molecule has 0 bridgehead atoms. The normalized spacial score (nSPS) is 10.4. The van der Waals surface area contributed by atoms with Gasteiger partial charge in [0.15, 0.2) is 0 Å². The maximum absolute atomic E-state index is 5.36. The van der Waals surface area contributed by atoms with Crippen LogP contribution < -0.4 is 21.5 Å². The number of rotatable bonds is 10. The van der Waals surface area contributed by atoms with Crippen LogP contribution in [0.4, 0.5) is 17.8 Å². The predicted octanol–water partition coefficient (Wildman–Crippen LogP) is 1.56. The van der Waals surface area contributed by atoms with Gasteiger partial charge in [-0.25, -0.2) is 5.84 Å². The summed E-state index contributed by atoms with van der Waals surface area (Å²) in [6.07, 6.45) is 7.05. The van der Waals surface area contributed by atoms with Crippen LogP contribution in [0.25, 0.3) is 0 Å². The Balaban J connectivity index is 2.37. The standard InChI is InChI=1S/C12H25N7S/c1-19(2)12-16-10(15-11(17-12)18-13)14-8-6-4-5-7-9-20-3/h4-9,13H2,1-3H3,(H2,14,15,16,17,18). The first kappa shape index (κ1) is 16.8. The van der Waals surface area contributed by atoms with Crippen molar-refractivity contribution in [3.8, 4) is 0 Å². The van der Waals surface area contributed by atoms with Gasteiger partial charge in [0, 0.05) is 20.6 Å². The lowest BCUT2D eigenvalue weighted by Crippen LogP contribution is -2.19. The summed E-state index contributed by atoms with van der Waals surface area (Å²) in [7, 11) is 3.76. The third kappa shape index (κ3) is 6.25. The second kappa shape index (κ2) is 9.60. The molecule has 0 aliphatic carbocycles. The van der Waals surface area contributed by atoms with Crippen LogP contribution >= 0.6 is 11.8 Å². The van der Waals surface area contributed by atoms with E-state index in [1.54, 1.807) is 0 Å². The Kier molecular flexibility index (Phi) is 8.05. The fraction of sp³-hybridized carbons (Fsp3) is 0.750. The van der Waals surface area contributed by atoms with Crippen molar-refractivity contribution in [3.63, 3.8) is 0 Å². The maximum atomic E-state index is 5.36. The SMILES string of the molecule is CSCCCCCCNc1nc(NN)nc(N(C)C)n1. The number of nitrogen functional groups attached to an aromatic ring is 1. The Labute approximate surface area is 125 Å². The summed E-state index contributed by atoms with van der Waals surface area (Å²) < 4.78 is 0. The van der Waals surface area contributed by atoms with E-state index in [1.165, 1.54) is 25.0 Å². The summed E-state index contributed by atoms with van der Waals surface area (Å²) in [5.74, 6) is 8.11. The molecular weight excluding hydrogens is 274 g/mol. The molecule has 114 valence electrons. The van der Waals surface area contributed by atoms with Gasteiger partial charge in [-0.3, -0.25) is 5.43 Å². The van der Waals surface area contributed by atoms with Gasteiger partial charge in [-0.2, -0.15) is 26.7 Å². The highest BCUT2D eigenvalue weighted by Gasteiger charge is 2.06. The van der Waals surface area contributed by atoms with E-state index in [0.29, 0.717) is 17.8 Å². The molecule has 8 heteroatoms. The highest BCUT2D eigenvalue weighted by molar-refractivity contribution is 7.98. The van der Waals surface area contributed by atoms with Crippen LogP contribution in [0.3, 0.4) is 0 Å². The van der Waals surface area contributed by atoms with Crippen molar-refractivity contribution >= 4 is 29.6 Å². The van der Waals surface area contributed by atoms with E-state index in [0.717, 1.165) is 13.0 Å². The van der Waals surface area contributed by atoms with E-state index in [2.05, 4.69) is 32.0 Å². The van der Waals surface area contributed by atoms with Crippen molar-refractivity contribution in [3.05, 3.63) is 0 Å². The zero-order valence-corrected chi connectivity index (χ0v) is 13.3. The van der Waals surface area contributed by atoms with Crippen LogP contribution in [0.1, 0.15) is 25.7 Å². The number of unbranched alkanes of at least 4 members (excludes halogenated alkanes) is 3. The smallest absolute Gasteiger partial charge is 0.243 e. The number of hydrogen-bond donors (Lipinski definition) is 3. The third-order valence-corrected chi connectivity index (χ3v) is 3.41. The minimum atomic E-state index is 0.367. The highest BCUT2D eigenvalue weighted by atomic mass is 32.2. The third-order valence-electron chi connectivity index (χ3n) is 2.71. The van der Waals surface area contributed by atoms with Gasteiger partial charge in [0.05, 0.1) is 0 Å². The lowest BCUT2D eigenvalue weighted by atomic mass is 10.2. The Morgan fingerprint density at radius 1 is 1.05 bits per heavy atom. The molecule has 0 aliphatic heterocycles. The summed E-state index contributed by atoms with van der Waals surface area (Å²) >= 11 is 1.90. The minimum absolute atomic E-state index is 0.367. The Hall–Kier alpha value is -1.28. The van der Waals surface area contributed by atoms with Gasteiger partial charge in [0.25, 0.3) is 0 Å². The molecule has 1 heterocycles. The van der Waals surface area contributed by atoms with Crippen molar-refractivity contribution in [1.29, 1.82) is 0 Å². The quantitative estimate of drug-likeness (QED) is 0.340. The Morgan fingerprint density at radius 3 is 2.40 bits per heavy atom. The molecule has 4 N–H and O–H groups in total. The van der Waals surface area contributed by atoms with Gasteiger partial charge in [0.2, 0.25) is 17.8 Å². The summed E-state index contributed by atoms with van der Waals surface area (Å²) in [6.45, 7) is 0.861. The molecule has 0 saturated heterocycles. The van der Waals surface area contributed by atoms with Crippen LogP contribution in [-0.2, 0) is 0 Å². The molecule has 1 rings (SSSR count). The van der Waals surface area contributed by atoms with Crippen molar-refractivity contribution in [2.45, 2.75) is 25.7 Å². The largest absolute Gasteiger partial charge is 0.354 e. The molecule has 0 atom stereocenters. The lowest BCUT2D eigenvalue weighted by Gasteiger charge is -2.13. The van der Waals surface area contributed by atoms with Crippen LogP contribution in [0.2, 0.25) is 0 Å². The lowest BCUT2D eigenvalue weighted by molar-refractivity contribution is 0.687. The molecule has 0 amide bonds. The summed E-state index contributed by atoms with van der Waals surface area (Å²) in [4.78, 5) is 14.5. The van der Waals surface area contributed by atoms with E-state index < -0.39 is 0 Å². The summed E-state index contributed by atoms with van der Waals surface area (Å²) in [5, 5.41) is 3.22. The van der Waals surface area contributed by atoms with Crippen LogP contribution in [-0.4, -0.2) is 47.6 Å². The monoisotopic (exact) mass is 299 g/mol. The number of hydrogen-bond acceptors (Lipinski definition) is 8.